The lowest BCUT2D eigenvalue weighted by atomic mass is 9.99. The molecule has 4 amide bonds. The number of H-pyrrole nitrogens is 2. The molecule has 4 N–H and O–H groups in total. The monoisotopic (exact) mass is 802 g/mol. The van der Waals surface area contributed by atoms with Crippen molar-refractivity contribution in [1.29, 1.82) is 0 Å². The van der Waals surface area contributed by atoms with E-state index in [9.17, 15) is 19.2 Å². The zero-order chi connectivity index (χ0) is 42.1. The average Bonchev–Trinajstić information content (AvgIpc) is 4.06. The number of hydrogen-bond donors (Lipinski definition) is 4. The number of ether oxygens (including phenoxy) is 2. The third-order valence-electron chi connectivity index (χ3n) is 11.7. The number of likely N-dealkylation sites (tertiary alicyclic amines) is 2. The van der Waals surface area contributed by atoms with Crippen LogP contribution in [0, 0.1) is 11.8 Å². The summed E-state index contributed by atoms with van der Waals surface area (Å²) in [6.07, 6.45) is 2.83. The molecule has 2 fully saturated rings. The summed E-state index contributed by atoms with van der Waals surface area (Å²) in [5.41, 5.74) is 7.95. The third kappa shape index (κ3) is 8.39. The molecule has 7 rings (SSSR count). The number of amides is 4. The Hall–Kier alpha value is -6.18. The molecule has 14 nitrogen and oxygen atoms in total. The molecule has 2 aromatic heterocycles. The number of hydrogen-bond acceptors (Lipinski definition) is 8. The predicted molar refractivity (Wildman–Crippen MR) is 226 cm³/mol. The zero-order valence-electron chi connectivity index (χ0n) is 35.0. The van der Waals surface area contributed by atoms with Crippen LogP contribution in [-0.4, -0.2) is 93.1 Å². The first-order chi connectivity index (χ1) is 28.3. The van der Waals surface area contributed by atoms with E-state index < -0.39 is 24.3 Å². The number of allylic oxidation sites excluding steroid dienone is 1. The number of carbonyl (C=O) groups excluding carboxylic acids is 4. The van der Waals surface area contributed by atoms with Crippen molar-refractivity contribution in [2.75, 3.05) is 27.3 Å². The van der Waals surface area contributed by atoms with Gasteiger partial charge in [-0.2, -0.15) is 0 Å². The number of rotatable bonds is 10. The Balaban J connectivity index is 1.10. The minimum atomic E-state index is -0.734. The molecule has 0 bridgehead atoms. The molecule has 310 valence electrons. The number of methoxy groups -OCH3 is 2. The van der Waals surface area contributed by atoms with Crippen LogP contribution in [0.3, 0.4) is 0 Å². The van der Waals surface area contributed by atoms with Crippen molar-refractivity contribution >= 4 is 45.8 Å². The predicted octanol–water partition coefficient (Wildman–Crippen LogP) is 7.81. The van der Waals surface area contributed by atoms with Crippen LogP contribution in [0.25, 0.3) is 44.2 Å². The number of imidazole rings is 2. The zero-order valence-corrected chi connectivity index (χ0v) is 35.0. The van der Waals surface area contributed by atoms with E-state index in [4.69, 9.17) is 19.4 Å². The highest BCUT2D eigenvalue weighted by Gasteiger charge is 2.40. The van der Waals surface area contributed by atoms with Gasteiger partial charge >= 0.3 is 12.2 Å². The Morgan fingerprint density at radius 1 is 0.746 bits per heavy atom. The van der Waals surface area contributed by atoms with Gasteiger partial charge < -0.3 is 39.9 Å². The Labute approximate surface area is 344 Å². The molecule has 14 heteroatoms. The molecule has 2 aliphatic rings. The summed E-state index contributed by atoms with van der Waals surface area (Å²) in [6, 6.07) is 16.9. The van der Waals surface area contributed by atoms with Crippen LogP contribution in [0.4, 0.5) is 9.59 Å². The Bertz CT molecular complexity index is 2430. The molecular weight excluding hydrogens is 749 g/mol. The molecule has 4 heterocycles. The number of benzene rings is 3. The van der Waals surface area contributed by atoms with E-state index in [0.29, 0.717) is 25.3 Å². The summed E-state index contributed by atoms with van der Waals surface area (Å²) < 4.78 is 9.59. The number of nitrogens with zero attached hydrogens (tertiary/aromatic N) is 4. The van der Waals surface area contributed by atoms with Gasteiger partial charge in [0.15, 0.2) is 0 Å². The molecule has 4 atom stereocenters. The van der Waals surface area contributed by atoms with Gasteiger partial charge in [0.1, 0.15) is 23.7 Å². The van der Waals surface area contributed by atoms with Gasteiger partial charge in [0.25, 0.3) is 0 Å². The lowest BCUT2D eigenvalue weighted by Crippen LogP contribution is -2.51. The van der Waals surface area contributed by atoms with Gasteiger partial charge in [-0.25, -0.2) is 19.6 Å². The van der Waals surface area contributed by atoms with Gasteiger partial charge in [-0.3, -0.25) is 9.59 Å². The van der Waals surface area contributed by atoms with Crippen LogP contribution >= 0.6 is 0 Å². The quantitative estimate of drug-likeness (QED) is 0.104. The van der Waals surface area contributed by atoms with Crippen molar-refractivity contribution in [1.82, 2.24) is 40.4 Å². The molecule has 5 aromatic rings. The van der Waals surface area contributed by atoms with Crippen molar-refractivity contribution < 1.29 is 28.7 Å². The Morgan fingerprint density at radius 2 is 1.34 bits per heavy atom. The third-order valence-corrected chi connectivity index (χ3v) is 11.7. The topological polar surface area (TPSA) is 175 Å². The largest absolute Gasteiger partial charge is 0.453 e. The number of alkyl carbamates (subject to hydrolysis) is 2. The summed E-state index contributed by atoms with van der Waals surface area (Å²) >= 11 is 0. The van der Waals surface area contributed by atoms with E-state index in [1.165, 1.54) is 25.4 Å². The van der Waals surface area contributed by atoms with Gasteiger partial charge in [-0.1, -0.05) is 63.6 Å². The van der Waals surface area contributed by atoms with E-state index in [-0.39, 0.29) is 35.7 Å². The second kappa shape index (κ2) is 17.0. The number of carbonyl (C=O) groups is 4. The summed E-state index contributed by atoms with van der Waals surface area (Å²) in [5, 5.41) is 7.58. The fraction of sp³-hybridized carbons (Fsp3) is 0.422. The lowest BCUT2D eigenvalue weighted by molar-refractivity contribution is -0.136. The van der Waals surface area contributed by atoms with Crippen LogP contribution in [0.5, 0.6) is 0 Å². The van der Waals surface area contributed by atoms with Crippen LogP contribution in [0.1, 0.15) is 84.5 Å². The molecule has 0 spiro atoms. The van der Waals surface area contributed by atoms with Gasteiger partial charge in [-0.15, -0.1) is 0 Å². The van der Waals surface area contributed by atoms with Gasteiger partial charge in [-0.05, 0) is 96.7 Å². The molecule has 0 unspecified atom stereocenters. The summed E-state index contributed by atoms with van der Waals surface area (Å²) in [4.78, 5) is 72.1. The van der Waals surface area contributed by atoms with Gasteiger partial charge in [0.05, 0.1) is 49.2 Å². The van der Waals surface area contributed by atoms with Crippen molar-refractivity contribution in [2.24, 2.45) is 11.8 Å². The molecule has 2 aliphatic heterocycles. The number of aromatic amines is 2. The summed E-state index contributed by atoms with van der Waals surface area (Å²) in [5.74, 6) is 0.865. The van der Waals surface area contributed by atoms with E-state index in [1.54, 1.807) is 0 Å². The van der Waals surface area contributed by atoms with Crippen LogP contribution < -0.4 is 10.6 Å². The molecule has 59 heavy (non-hydrogen) atoms. The highest BCUT2D eigenvalue weighted by molar-refractivity contribution is 5.92. The molecule has 0 radical (unpaired) electrons. The van der Waals surface area contributed by atoms with Crippen molar-refractivity contribution in [3.05, 3.63) is 83.6 Å². The van der Waals surface area contributed by atoms with Crippen LogP contribution in [-0.2, 0) is 19.1 Å². The smallest absolute Gasteiger partial charge is 0.407 e. The molecule has 0 saturated carbocycles. The van der Waals surface area contributed by atoms with Crippen molar-refractivity contribution in [3.8, 4) is 22.4 Å². The molecule has 3 aromatic carbocycles. The number of nitrogens with one attached hydrogen (secondary N) is 4. The van der Waals surface area contributed by atoms with Crippen molar-refractivity contribution in [3.63, 3.8) is 0 Å². The van der Waals surface area contributed by atoms with E-state index >= 15 is 0 Å². The Morgan fingerprint density at radius 3 is 1.97 bits per heavy atom. The maximum Gasteiger partial charge on any atom is 0.407 e. The first kappa shape index (κ1) is 41.0. The normalized spacial score (nSPS) is 17.8. The Kier molecular flexibility index (Phi) is 11.8. The minimum absolute atomic E-state index is 0.112. The van der Waals surface area contributed by atoms with Crippen LogP contribution in [0.2, 0.25) is 0 Å². The lowest BCUT2D eigenvalue weighted by Gasteiger charge is -2.29. The van der Waals surface area contributed by atoms with Gasteiger partial charge in [0.2, 0.25) is 11.8 Å². The minimum Gasteiger partial charge on any atom is -0.453 e. The highest BCUT2D eigenvalue weighted by Crippen LogP contribution is 2.38. The maximum absolute atomic E-state index is 13.9. The molecular formula is C45H54N8O6. The fourth-order valence-electron chi connectivity index (χ4n) is 8.25. The van der Waals surface area contributed by atoms with Crippen molar-refractivity contribution in [2.45, 2.75) is 85.0 Å². The summed E-state index contributed by atoms with van der Waals surface area (Å²) in [6.45, 7) is 12.8. The standard InChI is InChI=1S/C45H54N8O6/c1-24(2)32-21-37(53(23-32)43(55)39(26(5)6)51-45(57)59-8)40-46-22-35(49-40)31-14-13-27-18-28(11-12-29(27)19-31)30-15-16-33-34(20-30)48-41(47-33)36-10-9-17-52(36)42(54)38(25(3)4)50-44(56)58-7/h11-16,18-20,22,25-26,36-39H,9-10,17,21,23H2,1-8H3,(H,46,49)(H,47,48)(H,50,56)(H,51,57)/t36-,37-,38-,39-/m0/s1. The number of fused-ring (bicyclic) bond motifs is 2. The van der Waals surface area contributed by atoms with E-state index in [0.717, 1.165) is 62.9 Å². The van der Waals surface area contributed by atoms with Gasteiger partial charge in [0, 0.05) is 18.7 Å². The molecule has 0 aliphatic carbocycles. The van der Waals surface area contributed by atoms with E-state index in [2.05, 4.69) is 83.0 Å². The second-order valence-electron chi connectivity index (χ2n) is 16.5. The summed E-state index contributed by atoms with van der Waals surface area (Å²) in [7, 11) is 2.58. The second-order valence-corrected chi connectivity index (χ2v) is 16.5. The molecule has 2 saturated heterocycles. The maximum atomic E-state index is 13.9. The highest BCUT2D eigenvalue weighted by atomic mass is 16.5. The van der Waals surface area contributed by atoms with E-state index in [1.807, 2.05) is 49.8 Å². The van der Waals surface area contributed by atoms with Crippen LogP contribution in [0.15, 0.2) is 71.9 Å². The fourth-order valence-corrected chi connectivity index (χ4v) is 8.25. The number of aromatic nitrogens is 4. The SMILES string of the molecule is COC(=O)N[C@H](C(=O)N1CC(=C(C)C)C[C@H]1c1ncc(-c2ccc3cc(-c4ccc5nc([C@@H]6CCCN6C(=O)[C@@H](NC(=O)OC)C(C)C)[nH]c5c4)ccc3c2)[nH]1)C(C)C. The first-order valence-corrected chi connectivity index (χ1v) is 20.3. The average molecular weight is 803 g/mol. The first-order valence-electron chi connectivity index (χ1n) is 20.3.